The second kappa shape index (κ2) is 11.4. The summed E-state index contributed by atoms with van der Waals surface area (Å²) in [5.41, 5.74) is 0. The Bertz CT molecular complexity index is 330. The number of unbranched alkanes of at least 4 members (excludes halogenated alkanes) is 3. The molecule has 0 aliphatic heterocycles. The van der Waals surface area contributed by atoms with Gasteiger partial charge in [0.15, 0.2) is 0 Å². The van der Waals surface area contributed by atoms with Crippen molar-refractivity contribution in [3.63, 3.8) is 0 Å². The van der Waals surface area contributed by atoms with Crippen molar-refractivity contribution in [3.05, 3.63) is 38.1 Å². The summed E-state index contributed by atoms with van der Waals surface area (Å²) >= 11 is 0.0946. The molecule has 0 heterocycles. The van der Waals surface area contributed by atoms with Crippen molar-refractivity contribution in [2.24, 2.45) is 0 Å². The van der Waals surface area contributed by atoms with Gasteiger partial charge in [-0.15, -0.1) is 0 Å². The molecule has 0 bridgehead atoms. The molecule has 0 fully saturated rings. The molecule has 2 heteroatoms. The molecule has 0 N–H and O–H groups in total. The second-order valence-corrected chi connectivity index (χ2v) is 13.2. The summed E-state index contributed by atoms with van der Waals surface area (Å²) in [6.07, 6.45) is 9.42. The van der Waals surface area contributed by atoms with Crippen molar-refractivity contribution < 1.29 is 0 Å². The molecular weight excluding hydrogens is 447 g/mol. The van der Waals surface area contributed by atoms with Gasteiger partial charge >= 0.3 is 134 Å². The van der Waals surface area contributed by atoms with E-state index in [0.29, 0.717) is 0 Å². The molecule has 1 aromatic rings. The summed E-state index contributed by atoms with van der Waals surface area (Å²) in [5, 5.41) is 0. The predicted molar refractivity (Wildman–Crippen MR) is 84.9 cm³/mol. The molecule has 18 heavy (non-hydrogen) atoms. The Labute approximate surface area is 133 Å². The monoisotopic (exact) mass is 476 g/mol. The molecule has 1 aromatic carbocycles. The van der Waals surface area contributed by atoms with Gasteiger partial charge in [0.25, 0.3) is 0 Å². The topological polar surface area (TPSA) is 0 Å². The first-order valence-corrected chi connectivity index (χ1v) is 12.1. The van der Waals surface area contributed by atoms with Crippen LogP contribution in [0.3, 0.4) is 0 Å². The Balaban J connectivity index is 2.50. The van der Waals surface area contributed by atoms with Crippen LogP contribution in [0.5, 0.6) is 0 Å². The van der Waals surface area contributed by atoms with E-state index < -0.39 is 0 Å². The van der Waals surface area contributed by atoms with Gasteiger partial charge in [0, 0.05) is 0 Å². The van der Waals surface area contributed by atoms with E-state index >= 15 is 0 Å². The molecule has 0 spiro atoms. The van der Waals surface area contributed by atoms with Crippen LogP contribution in [0.4, 0.5) is 0 Å². The van der Waals surface area contributed by atoms with E-state index in [1.807, 2.05) is 1.67 Å². The molecule has 0 saturated carbocycles. The van der Waals surface area contributed by atoms with Gasteiger partial charge in [0.05, 0.1) is 0 Å². The quantitative estimate of drug-likeness (QED) is 0.378. The molecular formula is C16H24Te2. The zero-order valence-corrected chi connectivity index (χ0v) is 16.2. The van der Waals surface area contributed by atoms with Crippen LogP contribution in [0, 0.1) is 0 Å². The van der Waals surface area contributed by atoms with E-state index in [1.54, 1.807) is 3.61 Å². The first-order valence-electron chi connectivity index (χ1n) is 6.92. The van der Waals surface area contributed by atoms with E-state index in [0.717, 1.165) is 0 Å². The normalized spacial score (nSPS) is 11.8. The average Bonchev–Trinajstić information content (AvgIpc) is 2.40. The van der Waals surface area contributed by atoms with Gasteiger partial charge < -0.3 is 0 Å². The van der Waals surface area contributed by atoms with E-state index in [-0.39, 0.29) is 41.8 Å². The molecule has 0 amide bonds. The molecule has 100 valence electrons. The van der Waals surface area contributed by atoms with Crippen LogP contribution in [0.1, 0.15) is 46.0 Å². The van der Waals surface area contributed by atoms with Gasteiger partial charge in [-0.1, -0.05) is 0 Å². The molecule has 0 radical (unpaired) electrons. The average molecular weight is 472 g/mol. The van der Waals surface area contributed by atoms with Gasteiger partial charge in [-0.25, -0.2) is 0 Å². The number of benzene rings is 1. The Hall–Kier alpha value is 0.539. The van der Waals surface area contributed by atoms with Crippen LogP contribution >= 0.6 is 0 Å². The third-order valence-corrected chi connectivity index (χ3v) is 11.6. The van der Waals surface area contributed by atoms with Crippen molar-refractivity contribution in [2.45, 2.75) is 50.4 Å². The van der Waals surface area contributed by atoms with Crippen molar-refractivity contribution in [3.8, 4) is 0 Å². The Morgan fingerprint density at radius 1 is 1.06 bits per heavy atom. The van der Waals surface area contributed by atoms with E-state index in [9.17, 15) is 0 Å². The fourth-order valence-corrected chi connectivity index (χ4v) is 10.8. The van der Waals surface area contributed by atoms with Gasteiger partial charge in [0.2, 0.25) is 0 Å². The molecule has 0 unspecified atom stereocenters. The van der Waals surface area contributed by atoms with Crippen molar-refractivity contribution in [1.29, 1.82) is 0 Å². The first-order chi connectivity index (χ1) is 8.86. The van der Waals surface area contributed by atoms with Gasteiger partial charge in [0.1, 0.15) is 0 Å². The zero-order valence-electron chi connectivity index (χ0n) is 11.5. The third-order valence-electron chi connectivity index (χ3n) is 2.57. The Kier molecular flexibility index (Phi) is 10.5. The van der Waals surface area contributed by atoms with Crippen LogP contribution in [-0.4, -0.2) is 41.8 Å². The number of hydrogen-bond donors (Lipinski definition) is 0. The minimum absolute atomic E-state index is 0.0488. The number of allylic oxidation sites excluding steroid dienone is 1. The fourth-order valence-electron chi connectivity index (χ4n) is 1.48. The molecule has 0 aliphatic carbocycles. The van der Waals surface area contributed by atoms with Crippen molar-refractivity contribution in [2.75, 3.05) is 0 Å². The first kappa shape index (κ1) is 16.6. The summed E-state index contributed by atoms with van der Waals surface area (Å²) in [7, 11) is 0. The molecule has 0 nitrogen and oxygen atoms in total. The maximum absolute atomic E-state index is 2.61. The minimum atomic E-state index is -0.0488. The summed E-state index contributed by atoms with van der Waals surface area (Å²) in [6, 6.07) is 11.2. The number of rotatable bonds is 9. The Morgan fingerprint density at radius 3 is 2.44 bits per heavy atom. The van der Waals surface area contributed by atoms with E-state index in [2.05, 4.69) is 50.3 Å². The Morgan fingerprint density at radius 2 is 1.78 bits per heavy atom. The molecule has 0 aliphatic rings. The van der Waals surface area contributed by atoms with Crippen molar-refractivity contribution in [1.82, 2.24) is 0 Å². The van der Waals surface area contributed by atoms with Crippen LogP contribution in [-0.2, 0) is 0 Å². The SMILES string of the molecule is CCCC/C=C(/[Te]CCCC)[Te]c1ccccc1. The third kappa shape index (κ3) is 7.86. The standard InChI is InChI=1S/C16H24Te2/c1-3-5-8-13-16(17-14-6-4-2)18-15-11-9-7-10-12-15/h7,9-13H,3-6,8,14H2,1-2H3/b16-13-. The van der Waals surface area contributed by atoms with Crippen molar-refractivity contribution >= 4 is 45.5 Å². The molecule has 0 aromatic heterocycles. The fraction of sp³-hybridized carbons (Fsp3) is 0.500. The summed E-state index contributed by atoms with van der Waals surface area (Å²) in [6.45, 7) is 4.59. The summed E-state index contributed by atoms with van der Waals surface area (Å²) < 4.78 is 5.03. The zero-order chi connectivity index (χ0) is 13.1. The summed E-state index contributed by atoms with van der Waals surface area (Å²) in [5.74, 6) is 0. The molecule has 0 atom stereocenters. The van der Waals surface area contributed by atoms with Gasteiger partial charge in [-0.2, -0.15) is 0 Å². The molecule has 1 rings (SSSR count). The van der Waals surface area contributed by atoms with E-state index in [1.165, 1.54) is 36.6 Å². The second-order valence-electron chi connectivity index (χ2n) is 4.28. The summed E-state index contributed by atoms with van der Waals surface area (Å²) in [4.78, 5) is 0. The van der Waals surface area contributed by atoms with Crippen LogP contribution in [0.25, 0.3) is 0 Å². The van der Waals surface area contributed by atoms with Gasteiger partial charge in [-0.05, 0) is 0 Å². The van der Waals surface area contributed by atoms with Crippen LogP contribution < -0.4 is 3.61 Å². The van der Waals surface area contributed by atoms with Gasteiger partial charge in [-0.3, -0.25) is 0 Å². The van der Waals surface area contributed by atoms with Crippen LogP contribution in [0.15, 0.2) is 38.1 Å². The van der Waals surface area contributed by atoms with Crippen LogP contribution in [0.2, 0.25) is 4.47 Å². The van der Waals surface area contributed by atoms with E-state index in [4.69, 9.17) is 0 Å². The predicted octanol–water partition coefficient (Wildman–Crippen LogP) is 3.97. The maximum atomic E-state index is 2.61. The number of hydrogen-bond acceptors (Lipinski definition) is 0. The molecule has 0 saturated heterocycles.